The highest BCUT2D eigenvalue weighted by Crippen LogP contribution is 2.33. The number of imidazole rings is 1. The second kappa shape index (κ2) is 8.38. The number of nitrogens with one attached hydrogen (secondary N) is 1. The largest absolute Gasteiger partial charge is 0.497 e. The Bertz CT molecular complexity index is 1270. The molecule has 164 valence electrons. The van der Waals surface area contributed by atoms with Crippen LogP contribution >= 0.6 is 0 Å². The number of anilines is 1. The molecule has 2 heterocycles. The van der Waals surface area contributed by atoms with E-state index in [4.69, 9.17) is 14.5 Å². The molecule has 0 saturated carbocycles. The van der Waals surface area contributed by atoms with Gasteiger partial charge in [0, 0.05) is 17.3 Å². The quantitative estimate of drug-likeness (QED) is 0.323. The van der Waals surface area contributed by atoms with Gasteiger partial charge in [-0.3, -0.25) is 4.40 Å². The highest BCUT2D eigenvalue weighted by molar-refractivity contribution is 5.91. The van der Waals surface area contributed by atoms with Gasteiger partial charge in [0.1, 0.15) is 28.7 Å². The SMILES string of the molecule is COc1ccc(C(=O)Oc2cccc(-c3nc4cc(C)ccn4c3NC(C)(C)C)c2)cc1. The summed E-state index contributed by atoms with van der Waals surface area (Å²) in [6.07, 6.45) is 2.02. The molecule has 0 aliphatic carbocycles. The van der Waals surface area contributed by atoms with E-state index in [-0.39, 0.29) is 5.54 Å². The van der Waals surface area contributed by atoms with Crippen molar-refractivity contribution >= 4 is 17.4 Å². The lowest BCUT2D eigenvalue weighted by Gasteiger charge is -2.22. The number of carbonyl (C=O) groups excluding carboxylic acids is 1. The molecule has 1 N–H and O–H groups in total. The summed E-state index contributed by atoms with van der Waals surface area (Å²) in [7, 11) is 1.59. The molecule has 0 aliphatic rings. The van der Waals surface area contributed by atoms with Crippen molar-refractivity contribution in [1.82, 2.24) is 9.38 Å². The minimum absolute atomic E-state index is 0.159. The highest BCUT2D eigenvalue weighted by Gasteiger charge is 2.20. The van der Waals surface area contributed by atoms with Crippen molar-refractivity contribution in [2.24, 2.45) is 0 Å². The van der Waals surface area contributed by atoms with Crippen molar-refractivity contribution in [2.75, 3.05) is 12.4 Å². The lowest BCUT2D eigenvalue weighted by Crippen LogP contribution is -2.27. The second-order valence-electron chi connectivity index (χ2n) is 8.76. The zero-order chi connectivity index (χ0) is 22.9. The molecular weight excluding hydrogens is 402 g/mol. The van der Waals surface area contributed by atoms with Gasteiger partial charge >= 0.3 is 5.97 Å². The van der Waals surface area contributed by atoms with Crippen LogP contribution in [0.5, 0.6) is 11.5 Å². The highest BCUT2D eigenvalue weighted by atomic mass is 16.5. The number of methoxy groups -OCH3 is 1. The third-order valence-electron chi connectivity index (χ3n) is 4.92. The van der Waals surface area contributed by atoms with Crippen molar-refractivity contribution in [3.05, 3.63) is 78.0 Å². The third kappa shape index (κ3) is 4.59. The monoisotopic (exact) mass is 429 g/mol. The molecule has 0 bridgehead atoms. The zero-order valence-corrected chi connectivity index (χ0v) is 19.0. The van der Waals surface area contributed by atoms with E-state index in [9.17, 15) is 4.79 Å². The number of ether oxygens (including phenoxy) is 2. The van der Waals surface area contributed by atoms with E-state index in [1.807, 2.05) is 41.8 Å². The molecule has 0 atom stereocenters. The van der Waals surface area contributed by atoms with Crippen LogP contribution in [0.4, 0.5) is 5.82 Å². The van der Waals surface area contributed by atoms with Crippen LogP contribution in [-0.4, -0.2) is 28.0 Å². The zero-order valence-electron chi connectivity index (χ0n) is 19.0. The molecule has 4 aromatic rings. The minimum Gasteiger partial charge on any atom is -0.497 e. The molecule has 0 amide bonds. The van der Waals surface area contributed by atoms with E-state index < -0.39 is 5.97 Å². The Morgan fingerprint density at radius 2 is 1.75 bits per heavy atom. The van der Waals surface area contributed by atoms with Gasteiger partial charge in [-0.1, -0.05) is 12.1 Å². The Morgan fingerprint density at radius 3 is 2.44 bits per heavy atom. The number of hydrogen-bond acceptors (Lipinski definition) is 5. The van der Waals surface area contributed by atoms with E-state index in [0.717, 1.165) is 28.3 Å². The maximum Gasteiger partial charge on any atom is 0.343 e. The standard InChI is InChI=1S/C26H27N3O3/c1-17-13-14-29-22(15-17)27-23(24(29)28-26(2,3)4)19-7-6-8-21(16-19)32-25(30)18-9-11-20(31-5)12-10-18/h6-16,28H,1-5H3. The molecule has 0 radical (unpaired) electrons. The Balaban J connectivity index is 1.69. The van der Waals surface area contributed by atoms with Gasteiger partial charge in [-0.25, -0.2) is 9.78 Å². The Labute approximate surface area is 187 Å². The average molecular weight is 430 g/mol. The fourth-order valence-electron chi connectivity index (χ4n) is 3.42. The molecule has 0 spiro atoms. The van der Waals surface area contributed by atoms with Crippen LogP contribution < -0.4 is 14.8 Å². The average Bonchev–Trinajstić information content (AvgIpc) is 3.09. The van der Waals surface area contributed by atoms with E-state index in [2.05, 4.69) is 32.2 Å². The summed E-state index contributed by atoms with van der Waals surface area (Å²) in [6, 6.07) is 18.4. The number of aromatic nitrogens is 2. The van der Waals surface area contributed by atoms with Crippen LogP contribution in [-0.2, 0) is 0 Å². The van der Waals surface area contributed by atoms with Gasteiger partial charge < -0.3 is 14.8 Å². The van der Waals surface area contributed by atoms with Crippen molar-refractivity contribution in [3.8, 4) is 22.8 Å². The molecule has 0 saturated heterocycles. The molecule has 6 heteroatoms. The van der Waals surface area contributed by atoms with Gasteiger partial charge in [0.15, 0.2) is 0 Å². The molecule has 0 aliphatic heterocycles. The van der Waals surface area contributed by atoms with Crippen LogP contribution in [0, 0.1) is 6.92 Å². The fraction of sp³-hybridized carbons (Fsp3) is 0.231. The number of carbonyl (C=O) groups is 1. The van der Waals surface area contributed by atoms with Crippen LogP contribution in [0.1, 0.15) is 36.7 Å². The van der Waals surface area contributed by atoms with Crippen LogP contribution in [0.25, 0.3) is 16.9 Å². The molecule has 6 nitrogen and oxygen atoms in total. The normalized spacial score (nSPS) is 11.4. The molecule has 0 unspecified atom stereocenters. The molecule has 32 heavy (non-hydrogen) atoms. The van der Waals surface area contributed by atoms with Gasteiger partial charge in [0.25, 0.3) is 0 Å². The first-order valence-corrected chi connectivity index (χ1v) is 10.5. The minimum atomic E-state index is -0.427. The summed E-state index contributed by atoms with van der Waals surface area (Å²) in [6.45, 7) is 8.37. The maximum atomic E-state index is 12.6. The topological polar surface area (TPSA) is 64.9 Å². The van der Waals surface area contributed by atoms with Gasteiger partial charge in [-0.2, -0.15) is 0 Å². The van der Waals surface area contributed by atoms with Crippen molar-refractivity contribution in [1.29, 1.82) is 0 Å². The summed E-state index contributed by atoms with van der Waals surface area (Å²) < 4.78 is 12.8. The summed E-state index contributed by atoms with van der Waals surface area (Å²) in [4.78, 5) is 17.5. The predicted octanol–water partition coefficient (Wildman–Crippen LogP) is 5.75. The second-order valence-corrected chi connectivity index (χ2v) is 8.76. The lowest BCUT2D eigenvalue weighted by atomic mass is 10.1. The third-order valence-corrected chi connectivity index (χ3v) is 4.92. The lowest BCUT2D eigenvalue weighted by molar-refractivity contribution is 0.0735. The van der Waals surface area contributed by atoms with Crippen LogP contribution in [0.15, 0.2) is 66.9 Å². The Hall–Kier alpha value is -3.80. The van der Waals surface area contributed by atoms with Gasteiger partial charge in [-0.05, 0) is 81.8 Å². The van der Waals surface area contributed by atoms with Crippen LogP contribution in [0.3, 0.4) is 0 Å². The summed E-state index contributed by atoms with van der Waals surface area (Å²) in [5, 5.41) is 3.57. The number of esters is 1. The molecule has 0 fully saturated rings. The Morgan fingerprint density at radius 1 is 1.00 bits per heavy atom. The number of hydrogen-bond donors (Lipinski definition) is 1. The smallest absolute Gasteiger partial charge is 0.343 e. The number of aryl methyl sites for hydroxylation is 1. The summed E-state index contributed by atoms with van der Waals surface area (Å²) in [5.41, 5.74) is 3.94. The van der Waals surface area contributed by atoms with E-state index in [1.54, 1.807) is 37.4 Å². The van der Waals surface area contributed by atoms with Crippen molar-refractivity contribution < 1.29 is 14.3 Å². The number of benzene rings is 2. The number of nitrogens with zero attached hydrogens (tertiary/aromatic N) is 2. The predicted molar refractivity (Wildman–Crippen MR) is 127 cm³/mol. The number of rotatable bonds is 5. The molecule has 4 rings (SSSR count). The van der Waals surface area contributed by atoms with Gasteiger partial charge in [0.2, 0.25) is 0 Å². The van der Waals surface area contributed by atoms with Crippen LogP contribution in [0.2, 0.25) is 0 Å². The summed E-state index contributed by atoms with van der Waals surface area (Å²) >= 11 is 0. The molecule has 2 aromatic heterocycles. The van der Waals surface area contributed by atoms with Gasteiger partial charge in [0.05, 0.1) is 12.7 Å². The maximum absolute atomic E-state index is 12.6. The van der Waals surface area contributed by atoms with E-state index in [1.165, 1.54) is 0 Å². The fourth-order valence-corrected chi connectivity index (χ4v) is 3.42. The van der Waals surface area contributed by atoms with Crippen molar-refractivity contribution in [2.45, 2.75) is 33.2 Å². The first-order valence-electron chi connectivity index (χ1n) is 10.5. The first-order chi connectivity index (χ1) is 15.2. The van der Waals surface area contributed by atoms with E-state index in [0.29, 0.717) is 17.1 Å². The number of pyridine rings is 1. The van der Waals surface area contributed by atoms with E-state index >= 15 is 0 Å². The molecular formula is C26H27N3O3. The first kappa shape index (κ1) is 21.4. The summed E-state index contributed by atoms with van der Waals surface area (Å²) in [5.74, 6) is 1.61. The Kier molecular flexibility index (Phi) is 5.61. The number of fused-ring (bicyclic) bond motifs is 1. The van der Waals surface area contributed by atoms with Crippen molar-refractivity contribution in [3.63, 3.8) is 0 Å². The molecule has 2 aromatic carbocycles. The van der Waals surface area contributed by atoms with Gasteiger partial charge in [-0.15, -0.1) is 0 Å².